The van der Waals surface area contributed by atoms with E-state index in [1.54, 1.807) is 18.0 Å². The Kier molecular flexibility index (Phi) is 4.93. The van der Waals surface area contributed by atoms with Crippen LogP contribution in [-0.2, 0) is 6.54 Å². The molecule has 0 aliphatic rings. The molecule has 0 aliphatic carbocycles. The van der Waals surface area contributed by atoms with Crippen LogP contribution in [0.1, 0.15) is 29.9 Å². The van der Waals surface area contributed by atoms with Crippen molar-refractivity contribution in [1.29, 1.82) is 0 Å². The van der Waals surface area contributed by atoms with E-state index < -0.39 is 0 Å². The molecule has 1 heterocycles. The lowest BCUT2D eigenvalue weighted by molar-refractivity contribution is 0.0779. The molecule has 0 fully saturated rings. The largest absolute Gasteiger partial charge is 0.368 e. The number of anilines is 1. The van der Waals surface area contributed by atoms with Crippen molar-refractivity contribution in [2.75, 3.05) is 12.4 Å². The van der Waals surface area contributed by atoms with E-state index >= 15 is 0 Å². The van der Waals surface area contributed by atoms with Gasteiger partial charge in [0.25, 0.3) is 5.91 Å². The van der Waals surface area contributed by atoms with E-state index in [2.05, 4.69) is 10.3 Å². The molecule has 2 aromatic rings. The number of carbonyl (C=O) groups excluding carboxylic acids is 1. The molecular formula is C17H21N3O. The number of amides is 1. The van der Waals surface area contributed by atoms with Gasteiger partial charge in [0.15, 0.2) is 0 Å². The Morgan fingerprint density at radius 2 is 1.86 bits per heavy atom. The van der Waals surface area contributed by atoms with Crippen LogP contribution in [0.2, 0.25) is 0 Å². The fraction of sp³-hybridized carbons (Fsp3) is 0.294. The van der Waals surface area contributed by atoms with Crippen molar-refractivity contribution in [2.24, 2.45) is 0 Å². The highest BCUT2D eigenvalue weighted by Crippen LogP contribution is 2.10. The number of nitrogens with zero attached hydrogens (tertiary/aromatic N) is 2. The zero-order valence-electron chi connectivity index (χ0n) is 12.7. The molecule has 0 spiro atoms. The predicted molar refractivity (Wildman–Crippen MR) is 85.2 cm³/mol. The molecule has 1 amide bonds. The maximum absolute atomic E-state index is 12.4. The number of nitrogens with one attached hydrogen (secondary N) is 1. The molecule has 1 N–H and O–H groups in total. The van der Waals surface area contributed by atoms with Crippen LogP contribution in [0.3, 0.4) is 0 Å². The summed E-state index contributed by atoms with van der Waals surface area (Å²) in [5.74, 6) is 0.648. The first-order valence-corrected chi connectivity index (χ1v) is 7.09. The lowest BCUT2D eigenvalue weighted by Crippen LogP contribution is -2.27. The number of carbonyl (C=O) groups is 1. The van der Waals surface area contributed by atoms with Crippen LogP contribution in [0.25, 0.3) is 0 Å². The lowest BCUT2D eigenvalue weighted by atomic mass is 10.2. The second-order valence-corrected chi connectivity index (χ2v) is 5.35. The molecule has 0 unspecified atom stereocenters. The summed E-state index contributed by atoms with van der Waals surface area (Å²) in [4.78, 5) is 18.5. The third-order valence-electron chi connectivity index (χ3n) is 3.01. The first kappa shape index (κ1) is 15.0. The minimum absolute atomic E-state index is 0.0775. The molecule has 110 valence electrons. The Hall–Kier alpha value is -2.36. The van der Waals surface area contributed by atoms with Gasteiger partial charge in [-0.2, -0.15) is 0 Å². The first-order chi connectivity index (χ1) is 10.1. The summed E-state index contributed by atoms with van der Waals surface area (Å²) in [5.41, 5.74) is 1.56. The maximum Gasteiger partial charge on any atom is 0.272 e. The van der Waals surface area contributed by atoms with Crippen molar-refractivity contribution < 1.29 is 4.79 Å². The molecule has 0 radical (unpaired) electrons. The van der Waals surface area contributed by atoms with Gasteiger partial charge in [0, 0.05) is 19.6 Å². The Bertz CT molecular complexity index is 596. The van der Waals surface area contributed by atoms with Crippen LogP contribution < -0.4 is 5.32 Å². The van der Waals surface area contributed by atoms with Crippen molar-refractivity contribution in [1.82, 2.24) is 9.88 Å². The molecular weight excluding hydrogens is 262 g/mol. The molecule has 1 aromatic heterocycles. The molecule has 21 heavy (non-hydrogen) atoms. The summed E-state index contributed by atoms with van der Waals surface area (Å²) >= 11 is 0. The fourth-order valence-electron chi connectivity index (χ4n) is 2.05. The van der Waals surface area contributed by atoms with Gasteiger partial charge in [-0.1, -0.05) is 36.4 Å². The summed E-state index contributed by atoms with van der Waals surface area (Å²) in [7, 11) is 1.79. The van der Waals surface area contributed by atoms with Crippen LogP contribution in [-0.4, -0.2) is 28.9 Å². The Morgan fingerprint density at radius 3 is 2.52 bits per heavy atom. The molecule has 0 aliphatic heterocycles. The molecule has 4 nitrogen and oxygen atoms in total. The van der Waals surface area contributed by atoms with Crippen molar-refractivity contribution in [3.63, 3.8) is 0 Å². The number of hydrogen-bond acceptors (Lipinski definition) is 3. The van der Waals surface area contributed by atoms with E-state index in [9.17, 15) is 4.79 Å². The summed E-state index contributed by atoms with van der Waals surface area (Å²) in [6.45, 7) is 4.65. The lowest BCUT2D eigenvalue weighted by Gasteiger charge is -2.17. The molecule has 1 aromatic carbocycles. The average Bonchev–Trinajstić information content (AvgIpc) is 2.47. The molecule has 0 saturated heterocycles. The van der Waals surface area contributed by atoms with Crippen LogP contribution in [0.4, 0.5) is 5.82 Å². The van der Waals surface area contributed by atoms with E-state index in [-0.39, 0.29) is 11.9 Å². The minimum Gasteiger partial charge on any atom is -0.368 e. The second kappa shape index (κ2) is 6.88. The number of pyridine rings is 1. The van der Waals surface area contributed by atoms with Gasteiger partial charge in [0.2, 0.25) is 0 Å². The third kappa shape index (κ3) is 4.31. The molecule has 0 saturated carbocycles. The molecule has 0 bridgehead atoms. The van der Waals surface area contributed by atoms with Gasteiger partial charge in [-0.05, 0) is 31.5 Å². The molecule has 4 heteroatoms. The Labute approximate surface area is 125 Å². The smallest absolute Gasteiger partial charge is 0.272 e. The summed E-state index contributed by atoms with van der Waals surface area (Å²) < 4.78 is 0. The van der Waals surface area contributed by atoms with E-state index in [1.807, 2.05) is 56.3 Å². The number of rotatable bonds is 5. The van der Waals surface area contributed by atoms with E-state index in [1.165, 1.54) is 0 Å². The highest BCUT2D eigenvalue weighted by atomic mass is 16.2. The highest BCUT2D eigenvalue weighted by molar-refractivity contribution is 5.92. The van der Waals surface area contributed by atoms with Crippen molar-refractivity contribution in [3.8, 4) is 0 Å². The van der Waals surface area contributed by atoms with Crippen LogP contribution in [0, 0.1) is 0 Å². The third-order valence-corrected chi connectivity index (χ3v) is 3.01. The SMILES string of the molecule is CC(C)Nc1cccc(C(=O)N(C)Cc2ccccc2)n1. The van der Waals surface area contributed by atoms with Crippen molar-refractivity contribution >= 4 is 11.7 Å². The molecule has 2 rings (SSSR count). The summed E-state index contributed by atoms with van der Waals surface area (Å²) in [6.07, 6.45) is 0. The monoisotopic (exact) mass is 283 g/mol. The zero-order valence-corrected chi connectivity index (χ0v) is 12.7. The second-order valence-electron chi connectivity index (χ2n) is 5.35. The fourth-order valence-corrected chi connectivity index (χ4v) is 2.05. The van der Waals surface area contributed by atoms with Gasteiger partial charge >= 0.3 is 0 Å². The number of benzene rings is 1. The Morgan fingerprint density at radius 1 is 1.14 bits per heavy atom. The quantitative estimate of drug-likeness (QED) is 0.916. The van der Waals surface area contributed by atoms with Gasteiger partial charge in [-0.15, -0.1) is 0 Å². The van der Waals surface area contributed by atoms with Crippen LogP contribution in [0.5, 0.6) is 0 Å². The normalized spacial score (nSPS) is 10.5. The average molecular weight is 283 g/mol. The number of hydrogen-bond donors (Lipinski definition) is 1. The van der Waals surface area contributed by atoms with Crippen molar-refractivity contribution in [3.05, 3.63) is 59.8 Å². The first-order valence-electron chi connectivity index (χ1n) is 7.09. The van der Waals surface area contributed by atoms with E-state index in [0.29, 0.717) is 12.2 Å². The minimum atomic E-state index is -0.0775. The van der Waals surface area contributed by atoms with Crippen molar-refractivity contribution in [2.45, 2.75) is 26.4 Å². The summed E-state index contributed by atoms with van der Waals surface area (Å²) in [5, 5.41) is 3.21. The topological polar surface area (TPSA) is 45.2 Å². The maximum atomic E-state index is 12.4. The highest BCUT2D eigenvalue weighted by Gasteiger charge is 2.14. The Balaban J connectivity index is 2.08. The summed E-state index contributed by atoms with van der Waals surface area (Å²) in [6, 6.07) is 15.7. The van der Waals surface area contributed by atoms with E-state index in [4.69, 9.17) is 0 Å². The van der Waals surface area contributed by atoms with Gasteiger partial charge < -0.3 is 10.2 Å². The van der Waals surface area contributed by atoms with Gasteiger partial charge in [-0.3, -0.25) is 4.79 Å². The van der Waals surface area contributed by atoms with Crippen LogP contribution in [0.15, 0.2) is 48.5 Å². The van der Waals surface area contributed by atoms with Gasteiger partial charge in [0.05, 0.1) is 0 Å². The van der Waals surface area contributed by atoms with Gasteiger partial charge in [0.1, 0.15) is 11.5 Å². The molecule has 0 atom stereocenters. The van der Waals surface area contributed by atoms with Crippen LogP contribution >= 0.6 is 0 Å². The zero-order chi connectivity index (χ0) is 15.2. The van der Waals surface area contributed by atoms with E-state index in [0.717, 1.165) is 11.4 Å². The standard InChI is InChI=1S/C17H21N3O/c1-13(2)18-16-11-7-10-15(19-16)17(21)20(3)12-14-8-5-4-6-9-14/h4-11,13H,12H2,1-3H3,(H,18,19). The predicted octanol–water partition coefficient (Wildman–Crippen LogP) is 3.17. The number of aromatic nitrogens is 1. The van der Waals surface area contributed by atoms with Gasteiger partial charge in [-0.25, -0.2) is 4.98 Å².